The van der Waals surface area contributed by atoms with Gasteiger partial charge in [-0.15, -0.1) is 0 Å². The molecule has 2 aromatic rings. The largest absolute Gasteiger partial charge is 0.427 e. The van der Waals surface area contributed by atoms with Crippen LogP contribution in [0.3, 0.4) is 0 Å². The Hall–Kier alpha value is -1.33. The predicted octanol–water partition coefficient (Wildman–Crippen LogP) is 1.38. The van der Waals surface area contributed by atoms with Crippen molar-refractivity contribution in [3.05, 3.63) is 24.7 Å². The first-order valence-electron chi connectivity index (χ1n) is 6.35. The maximum absolute atomic E-state index is 10.1. The number of fused-ring (bicyclic) bond motifs is 1. The minimum absolute atomic E-state index is 0.664. The van der Waals surface area contributed by atoms with Crippen molar-refractivity contribution in [2.45, 2.75) is 38.9 Å². The van der Waals surface area contributed by atoms with Crippen LogP contribution in [0.4, 0.5) is 0 Å². The average molecular weight is 259 g/mol. The zero-order valence-electron chi connectivity index (χ0n) is 12.1. The van der Waals surface area contributed by atoms with E-state index in [0.29, 0.717) is 0 Å². The van der Waals surface area contributed by atoms with E-state index in [1.54, 1.807) is 27.5 Å². The molecule has 4 nitrogen and oxygen atoms in total. The lowest BCUT2D eigenvalue weighted by Crippen LogP contribution is -2.49. The molecule has 0 aromatic carbocycles. The Kier molecular flexibility index (Phi) is 3.45. The lowest BCUT2D eigenvalue weighted by atomic mass is 9.82. The number of pyridine rings is 1. The first kappa shape index (κ1) is 14.1. The van der Waals surface area contributed by atoms with Crippen molar-refractivity contribution in [3.8, 4) is 0 Å². The summed E-state index contributed by atoms with van der Waals surface area (Å²) >= 11 is 0. The van der Waals surface area contributed by atoms with Gasteiger partial charge in [-0.25, -0.2) is 0 Å². The quantitative estimate of drug-likeness (QED) is 0.844. The van der Waals surface area contributed by atoms with Crippen molar-refractivity contribution >= 4 is 23.8 Å². The zero-order chi connectivity index (χ0) is 14.3. The first-order valence-corrected chi connectivity index (χ1v) is 6.35. The van der Waals surface area contributed by atoms with Crippen LogP contribution < -0.4 is 5.46 Å². The molecule has 0 saturated heterocycles. The molecular weight excluding hydrogens is 239 g/mol. The van der Waals surface area contributed by atoms with Crippen LogP contribution in [0.5, 0.6) is 0 Å². The highest BCUT2D eigenvalue weighted by Crippen LogP contribution is 2.24. The number of rotatable bonds is 4. The van der Waals surface area contributed by atoms with Gasteiger partial charge >= 0.3 is 7.48 Å². The molecular formula is C14H20BN2O2. The second-order valence-electron chi connectivity index (χ2n) is 5.89. The SMILES string of the molecule is Cn1cc([B]OC(C)(C)C(C)(C)O)c2ccncc21. The van der Waals surface area contributed by atoms with Gasteiger partial charge in [0.2, 0.25) is 0 Å². The van der Waals surface area contributed by atoms with E-state index in [-0.39, 0.29) is 0 Å². The third kappa shape index (κ3) is 2.67. The van der Waals surface area contributed by atoms with Gasteiger partial charge in [0.1, 0.15) is 0 Å². The van der Waals surface area contributed by atoms with Crippen molar-refractivity contribution in [1.82, 2.24) is 9.55 Å². The van der Waals surface area contributed by atoms with Crippen molar-refractivity contribution in [2.24, 2.45) is 7.05 Å². The maximum atomic E-state index is 10.1. The molecule has 1 N–H and O–H groups in total. The van der Waals surface area contributed by atoms with Crippen LogP contribution in [-0.4, -0.2) is 33.3 Å². The molecule has 0 bridgehead atoms. The molecule has 5 heteroatoms. The van der Waals surface area contributed by atoms with E-state index in [9.17, 15) is 5.11 Å². The minimum atomic E-state index is -0.921. The first-order chi connectivity index (χ1) is 8.72. The normalized spacial score (nSPS) is 12.9. The van der Waals surface area contributed by atoms with Gasteiger partial charge in [0, 0.05) is 19.4 Å². The molecule has 19 heavy (non-hydrogen) atoms. The van der Waals surface area contributed by atoms with Crippen LogP contribution in [-0.2, 0) is 11.7 Å². The van der Waals surface area contributed by atoms with Gasteiger partial charge in [-0.05, 0) is 44.6 Å². The summed E-state index contributed by atoms with van der Waals surface area (Å²) in [7, 11) is 3.68. The third-order valence-electron chi connectivity index (χ3n) is 3.78. The molecule has 0 aliphatic carbocycles. The summed E-state index contributed by atoms with van der Waals surface area (Å²) in [6, 6.07) is 1.96. The Morgan fingerprint density at radius 3 is 2.63 bits per heavy atom. The standard InChI is InChI=1S/C14H20BN2O2/c1-13(2,18)14(3,4)19-15-11-9-17(5)12-8-16-7-6-10(11)12/h6-9,18H,1-5H3. The van der Waals surface area contributed by atoms with Gasteiger partial charge < -0.3 is 14.3 Å². The fourth-order valence-corrected chi connectivity index (χ4v) is 1.71. The predicted molar refractivity (Wildman–Crippen MR) is 77.6 cm³/mol. The molecule has 0 saturated carbocycles. The van der Waals surface area contributed by atoms with E-state index in [2.05, 4.69) is 4.98 Å². The van der Waals surface area contributed by atoms with Crippen molar-refractivity contribution in [2.75, 3.05) is 0 Å². The third-order valence-corrected chi connectivity index (χ3v) is 3.78. The van der Waals surface area contributed by atoms with E-state index in [1.165, 1.54) is 0 Å². The number of nitrogens with zero attached hydrogens (tertiary/aromatic N) is 2. The van der Waals surface area contributed by atoms with Crippen molar-refractivity contribution in [3.63, 3.8) is 0 Å². The minimum Gasteiger partial charge on any atom is -0.427 e. The Morgan fingerprint density at radius 2 is 2.00 bits per heavy atom. The second-order valence-corrected chi connectivity index (χ2v) is 5.89. The molecule has 2 aromatic heterocycles. The zero-order valence-corrected chi connectivity index (χ0v) is 12.1. The Labute approximate surface area is 114 Å². The topological polar surface area (TPSA) is 47.3 Å². The van der Waals surface area contributed by atoms with Gasteiger partial charge in [0.25, 0.3) is 0 Å². The molecule has 101 valence electrons. The summed E-state index contributed by atoms with van der Waals surface area (Å²) in [5.41, 5.74) is 0.452. The molecule has 2 rings (SSSR count). The lowest BCUT2D eigenvalue weighted by molar-refractivity contribution is -0.0893. The second kappa shape index (κ2) is 4.65. The summed E-state index contributed by atoms with van der Waals surface area (Å²) in [4.78, 5) is 4.12. The molecule has 0 aliphatic heterocycles. The number of hydrogen-bond donors (Lipinski definition) is 1. The van der Waals surface area contributed by atoms with Gasteiger partial charge in [0.15, 0.2) is 0 Å². The van der Waals surface area contributed by atoms with Gasteiger partial charge in [-0.3, -0.25) is 4.98 Å². The van der Waals surface area contributed by atoms with E-state index in [4.69, 9.17) is 4.65 Å². The number of aliphatic hydroxyl groups is 1. The Bertz CT molecular complexity index is 585. The Morgan fingerprint density at radius 1 is 1.32 bits per heavy atom. The molecule has 0 amide bonds. The maximum Gasteiger partial charge on any atom is 0.333 e. The molecule has 1 radical (unpaired) electrons. The van der Waals surface area contributed by atoms with Crippen molar-refractivity contribution < 1.29 is 9.76 Å². The van der Waals surface area contributed by atoms with Gasteiger partial charge in [0.05, 0.1) is 22.9 Å². The number of hydrogen-bond acceptors (Lipinski definition) is 3. The van der Waals surface area contributed by atoms with Crippen LogP contribution in [0, 0.1) is 0 Å². The number of aromatic nitrogens is 2. The highest BCUT2D eigenvalue weighted by atomic mass is 16.5. The monoisotopic (exact) mass is 259 g/mol. The van der Waals surface area contributed by atoms with Crippen LogP contribution in [0.2, 0.25) is 0 Å². The smallest absolute Gasteiger partial charge is 0.333 e. The fraction of sp³-hybridized carbons (Fsp3) is 0.500. The van der Waals surface area contributed by atoms with Gasteiger partial charge in [-0.1, -0.05) is 0 Å². The molecule has 2 heterocycles. The highest BCUT2D eigenvalue weighted by molar-refractivity contribution is 6.51. The van der Waals surface area contributed by atoms with Crippen molar-refractivity contribution in [1.29, 1.82) is 0 Å². The number of aryl methyl sites for hydroxylation is 1. The van der Waals surface area contributed by atoms with E-state index < -0.39 is 11.2 Å². The molecule has 0 fully saturated rings. The summed E-state index contributed by atoms with van der Waals surface area (Å²) in [6.07, 6.45) is 5.58. The summed E-state index contributed by atoms with van der Waals surface area (Å²) in [5, 5.41) is 11.2. The van der Waals surface area contributed by atoms with Crippen LogP contribution >= 0.6 is 0 Å². The molecule has 0 unspecified atom stereocenters. The van der Waals surface area contributed by atoms with Crippen LogP contribution in [0.1, 0.15) is 27.7 Å². The van der Waals surface area contributed by atoms with Crippen LogP contribution in [0.15, 0.2) is 24.7 Å². The van der Waals surface area contributed by atoms with Crippen LogP contribution in [0.25, 0.3) is 10.9 Å². The lowest BCUT2D eigenvalue weighted by Gasteiger charge is -2.37. The summed E-state index contributed by atoms with van der Waals surface area (Å²) < 4.78 is 7.80. The van der Waals surface area contributed by atoms with E-state index in [1.807, 2.05) is 43.9 Å². The average Bonchev–Trinajstić information content (AvgIpc) is 2.63. The Balaban J connectivity index is 2.24. The summed E-state index contributed by atoms with van der Waals surface area (Å²) in [5.74, 6) is 0. The summed E-state index contributed by atoms with van der Waals surface area (Å²) in [6.45, 7) is 7.23. The van der Waals surface area contributed by atoms with E-state index in [0.717, 1.165) is 16.4 Å². The molecule has 0 aliphatic rings. The van der Waals surface area contributed by atoms with Gasteiger partial charge in [-0.2, -0.15) is 0 Å². The molecule has 0 spiro atoms. The fourth-order valence-electron chi connectivity index (χ4n) is 1.71. The molecule has 0 atom stereocenters. The van der Waals surface area contributed by atoms with E-state index >= 15 is 0 Å². The highest BCUT2D eigenvalue weighted by Gasteiger charge is 2.35.